The molecule has 2 rings (SSSR count). The Hall–Kier alpha value is -1.82. The van der Waals surface area contributed by atoms with Gasteiger partial charge in [0.2, 0.25) is 0 Å². The zero-order valence-corrected chi connectivity index (χ0v) is 12.7. The highest BCUT2D eigenvalue weighted by molar-refractivity contribution is 6.32. The fraction of sp³-hybridized carbons (Fsp3) is 0.467. The minimum Gasteiger partial charge on any atom is -0.482 e. The van der Waals surface area contributed by atoms with Gasteiger partial charge in [0.05, 0.1) is 5.02 Å². The molecule has 0 aliphatic heterocycles. The number of carboxylic acids is 1. The normalized spacial score (nSPS) is 16.8. The van der Waals surface area contributed by atoms with E-state index < -0.39 is 23.2 Å². The number of rotatable bonds is 5. The van der Waals surface area contributed by atoms with Crippen LogP contribution in [0.4, 0.5) is 4.39 Å². The molecule has 1 saturated carbocycles. The fourth-order valence-corrected chi connectivity index (χ4v) is 2.81. The number of ether oxygens (including phenoxy) is 1. The van der Waals surface area contributed by atoms with Crippen molar-refractivity contribution in [1.29, 1.82) is 0 Å². The first kappa shape index (κ1) is 16.5. The standard InChI is InChI=1S/C15H17ClFNO4/c16-11-8-10(17)4-5-12(11)22-9-13(19)18-15(14(20)21)6-2-1-3-7-15/h4-5,8H,1-3,6-7,9H2,(H,18,19)(H,20,21). The quantitative estimate of drug-likeness (QED) is 0.871. The molecule has 5 nitrogen and oxygen atoms in total. The molecular formula is C15H17ClFNO4. The molecule has 1 amide bonds. The first-order chi connectivity index (χ1) is 10.4. The first-order valence-corrected chi connectivity index (χ1v) is 7.43. The number of aliphatic carboxylic acids is 1. The lowest BCUT2D eigenvalue weighted by molar-refractivity contribution is -0.149. The van der Waals surface area contributed by atoms with Crippen LogP contribution in [0.2, 0.25) is 5.02 Å². The predicted octanol–water partition coefficient (Wildman–Crippen LogP) is 2.76. The summed E-state index contributed by atoms with van der Waals surface area (Å²) in [4.78, 5) is 23.4. The summed E-state index contributed by atoms with van der Waals surface area (Å²) in [6.07, 6.45) is 3.30. The summed E-state index contributed by atoms with van der Waals surface area (Å²) in [5, 5.41) is 12.0. The van der Waals surface area contributed by atoms with Gasteiger partial charge in [-0.3, -0.25) is 4.79 Å². The molecule has 1 fully saturated rings. The van der Waals surface area contributed by atoms with Crippen molar-refractivity contribution in [2.24, 2.45) is 0 Å². The number of hydrogen-bond acceptors (Lipinski definition) is 3. The molecule has 0 spiro atoms. The molecule has 120 valence electrons. The first-order valence-electron chi connectivity index (χ1n) is 7.05. The monoisotopic (exact) mass is 329 g/mol. The van der Waals surface area contributed by atoms with Gasteiger partial charge in [-0.25, -0.2) is 9.18 Å². The van der Waals surface area contributed by atoms with Crippen molar-refractivity contribution in [3.63, 3.8) is 0 Å². The molecule has 1 aromatic carbocycles. The number of halogens is 2. The maximum atomic E-state index is 12.9. The highest BCUT2D eigenvalue weighted by Gasteiger charge is 2.40. The Morgan fingerprint density at radius 3 is 2.59 bits per heavy atom. The second-order valence-corrected chi connectivity index (χ2v) is 5.77. The average Bonchev–Trinajstić information content (AvgIpc) is 2.47. The van der Waals surface area contributed by atoms with E-state index >= 15 is 0 Å². The van der Waals surface area contributed by atoms with Crippen LogP contribution < -0.4 is 10.1 Å². The lowest BCUT2D eigenvalue weighted by atomic mass is 9.81. The van der Waals surface area contributed by atoms with E-state index in [0.717, 1.165) is 25.3 Å². The summed E-state index contributed by atoms with van der Waals surface area (Å²) >= 11 is 5.79. The minimum atomic E-state index is -1.22. The van der Waals surface area contributed by atoms with Gasteiger partial charge in [0.25, 0.3) is 5.91 Å². The SMILES string of the molecule is O=C(COc1ccc(F)cc1Cl)NC1(C(=O)O)CCCCC1. The molecule has 0 aromatic heterocycles. The van der Waals surface area contributed by atoms with Crippen LogP contribution in [0.1, 0.15) is 32.1 Å². The third-order valence-electron chi connectivity index (χ3n) is 3.75. The Bertz CT molecular complexity index is 573. The number of hydrogen-bond donors (Lipinski definition) is 2. The van der Waals surface area contributed by atoms with E-state index in [1.807, 2.05) is 0 Å². The highest BCUT2D eigenvalue weighted by Crippen LogP contribution is 2.29. The molecule has 0 saturated heterocycles. The van der Waals surface area contributed by atoms with E-state index in [0.29, 0.717) is 12.8 Å². The molecule has 2 N–H and O–H groups in total. The van der Waals surface area contributed by atoms with Crippen molar-refractivity contribution in [2.75, 3.05) is 6.61 Å². The molecule has 1 aromatic rings. The zero-order valence-electron chi connectivity index (χ0n) is 11.9. The van der Waals surface area contributed by atoms with E-state index in [2.05, 4.69) is 5.32 Å². The van der Waals surface area contributed by atoms with Gasteiger partial charge in [0.15, 0.2) is 6.61 Å². The van der Waals surface area contributed by atoms with Crippen molar-refractivity contribution in [3.8, 4) is 5.75 Å². The summed E-state index contributed by atoms with van der Waals surface area (Å²) in [5.41, 5.74) is -1.22. The molecule has 22 heavy (non-hydrogen) atoms. The van der Waals surface area contributed by atoms with Gasteiger partial charge in [-0.2, -0.15) is 0 Å². The molecule has 0 unspecified atom stereocenters. The Morgan fingerprint density at radius 2 is 2.00 bits per heavy atom. The van der Waals surface area contributed by atoms with Gasteiger partial charge in [0, 0.05) is 0 Å². The fourth-order valence-electron chi connectivity index (χ4n) is 2.59. The summed E-state index contributed by atoms with van der Waals surface area (Å²) in [6.45, 7) is -0.375. The summed E-state index contributed by atoms with van der Waals surface area (Å²) in [6, 6.07) is 3.56. The number of carboxylic acid groups (broad SMARTS) is 1. The maximum absolute atomic E-state index is 12.9. The van der Waals surface area contributed by atoms with Crippen LogP contribution in [0, 0.1) is 5.82 Å². The predicted molar refractivity (Wildman–Crippen MR) is 78.5 cm³/mol. The number of carbonyl (C=O) groups excluding carboxylic acids is 1. The third kappa shape index (κ3) is 3.88. The molecule has 0 radical (unpaired) electrons. The summed E-state index contributed by atoms with van der Waals surface area (Å²) < 4.78 is 18.1. The molecule has 0 atom stereocenters. The van der Waals surface area contributed by atoms with Crippen LogP contribution in [0.3, 0.4) is 0 Å². The van der Waals surface area contributed by atoms with Crippen LogP contribution in [0.5, 0.6) is 5.75 Å². The van der Waals surface area contributed by atoms with Gasteiger partial charge >= 0.3 is 5.97 Å². The van der Waals surface area contributed by atoms with Crippen LogP contribution in [-0.4, -0.2) is 29.1 Å². The lowest BCUT2D eigenvalue weighted by Crippen LogP contribution is -2.56. The van der Waals surface area contributed by atoms with Crippen molar-refractivity contribution in [2.45, 2.75) is 37.6 Å². The second-order valence-electron chi connectivity index (χ2n) is 5.36. The van der Waals surface area contributed by atoms with Gasteiger partial charge in [-0.05, 0) is 31.0 Å². The zero-order chi connectivity index (χ0) is 16.2. The summed E-state index contributed by atoms with van der Waals surface area (Å²) in [7, 11) is 0. The number of benzene rings is 1. The van der Waals surface area contributed by atoms with Crippen molar-refractivity contribution < 1.29 is 23.8 Å². The van der Waals surface area contributed by atoms with E-state index in [1.54, 1.807) is 0 Å². The number of carbonyl (C=O) groups is 2. The molecular weight excluding hydrogens is 313 g/mol. The highest BCUT2D eigenvalue weighted by atomic mass is 35.5. The molecule has 0 heterocycles. The van der Waals surface area contributed by atoms with Gasteiger partial charge in [0.1, 0.15) is 17.1 Å². The topological polar surface area (TPSA) is 75.6 Å². The van der Waals surface area contributed by atoms with Crippen LogP contribution in [-0.2, 0) is 9.59 Å². The lowest BCUT2D eigenvalue weighted by Gasteiger charge is -2.33. The van der Waals surface area contributed by atoms with E-state index in [9.17, 15) is 19.1 Å². The Morgan fingerprint density at radius 1 is 1.32 bits per heavy atom. The molecule has 0 bridgehead atoms. The largest absolute Gasteiger partial charge is 0.482 e. The van der Waals surface area contributed by atoms with Crippen LogP contribution >= 0.6 is 11.6 Å². The Balaban J connectivity index is 1.95. The Labute approximate surface area is 132 Å². The molecule has 1 aliphatic rings. The van der Waals surface area contributed by atoms with E-state index in [-0.39, 0.29) is 17.4 Å². The average molecular weight is 330 g/mol. The summed E-state index contributed by atoms with van der Waals surface area (Å²) in [5.74, 6) is -1.90. The maximum Gasteiger partial charge on any atom is 0.329 e. The van der Waals surface area contributed by atoms with Gasteiger partial charge < -0.3 is 15.2 Å². The Kier molecular flexibility index (Phi) is 5.24. The number of amides is 1. The third-order valence-corrected chi connectivity index (χ3v) is 4.04. The smallest absolute Gasteiger partial charge is 0.329 e. The van der Waals surface area contributed by atoms with Crippen molar-refractivity contribution in [3.05, 3.63) is 29.0 Å². The molecule has 7 heteroatoms. The van der Waals surface area contributed by atoms with Crippen molar-refractivity contribution >= 4 is 23.5 Å². The van der Waals surface area contributed by atoms with Gasteiger partial charge in [-0.1, -0.05) is 30.9 Å². The van der Waals surface area contributed by atoms with Crippen LogP contribution in [0.15, 0.2) is 18.2 Å². The van der Waals surface area contributed by atoms with E-state index in [1.165, 1.54) is 12.1 Å². The van der Waals surface area contributed by atoms with Gasteiger partial charge in [-0.15, -0.1) is 0 Å². The van der Waals surface area contributed by atoms with Crippen molar-refractivity contribution in [1.82, 2.24) is 5.32 Å². The second kappa shape index (κ2) is 6.96. The molecule has 1 aliphatic carbocycles. The van der Waals surface area contributed by atoms with E-state index in [4.69, 9.17) is 16.3 Å². The number of nitrogens with one attached hydrogen (secondary N) is 1. The van der Waals surface area contributed by atoms with Crippen LogP contribution in [0.25, 0.3) is 0 Å². The minimum absolute atomic E-state index is 0.0541.